The van der Waals surface area contributed by atoms with Gasteiger partial charge >= 0.3 is 0 Å². The van der Waals surface area contributed by atoms with Crippen LogP contribution in [0.5, 0.6) is 0 Å². The van der Waals surface area contributed by atoms with Crippen molar-refractivity contribution in [2.45, 2.75) is 35.1 Å². The van der Waals surface area contributed by atoms with E-state index in [-0.39, 0.29) is 50.6 Å². The van der Waals surface area contributed by atoms with Crippen molar-refractivity contribution in [2.24, 2.45) is 11.7 Å². The number of fused-ring (bicyclic) bond motifs is 2. The summed E-state index contributed by atoms with van der Waals surface area (Å²) in [7, 11) is -3.87. The lowest BCUT2D eigenvalue weighted by molar-refractivity contribution is 0.0896. The van der Waals surface area contributed by atoms with E-state index in [9.17, 15) is 18.0 Å². The first-order chi connectivity index (χ1) is 12.8. The number of hydrogen-bond donors (Lipinski definition) is 2. The molecule has 0 aromatic heterocycles. The van der Waals surface area contributed by atoms with Crippen molar-refractivity contribution < 1.29 is 18.0 Å². The van der Waals surface area contributed by atoms with Crippen LogP contribution in [0.15, 0.2) is 52.3 Å². The summed E-state index contributed by atoms with van der Waals surface area (Å²) in [4.78, 5) is 25.2. The fraction of sp³-hybridized carbons (Fsp3) is 0.300. The molecule has 6 nitrogen and oxygen atoms in total. The van der Waals surface area contributed by atoms with Gasteiger partial charge in [-0.1, -0.05) is 12.1 Å². The van der Waals surface area contributed by atoms with Crippen LogP contribution in [0.2, 0.25) is 0 Å². The highest BCUT2D eigenvalue weighted by atomic mass is 35.5. The van der Waals surface area contributed by atoms with Crippen LogP contribution in [-0.4, -0.2) is 32.2 Å². The molecule has 4 rings (SSSR count). The second-order valence-corrected chi connectivity index (χ2v) is 9.28. The molecular weight excluding hydrogens is 400 g/mol. The first kappa shape index (κ1) is 20.5. The van der Waals surface area contributed by atoms with Gasteiger partial charge in [-0.15, -0.1) is 12.4 Å². The van der Waals surface area contributed by atoms with Gasteiger partial charge in [0.2, 0.25) is 9.84 Å². The minimum absolute atomic E-state index is 0. The lowest BCUT2D eigenvalue weighted by Gasteiger charge is -2.29. The van der Waals surface area contributed by atoms with E-state index >= 15 is 0 Å². The predicted molar refractivity (Wildman–Crippen MR) is 107 cm³/mol. The molecule has 0 radical (unpaired) electrons. The molecule has 0 saturated heterocycles. The third-order valence-electron chi connectivity index (χ3n) is 5.50. The average Bonchev–Trinajstić information content (AvgIpc) is 3.52. The van der Waals surface area contributed by atoms with E-state index in [0.29, 0.717) is 12.5 Å². The van der Waals surface area contributed by atoms with Gasteiger partial charge in [-0.3, -0.25) is 9.59 Å². The Kier molecular flexibility index (Phi) is 5.12. The maximum Gasteiger partial charge on any atom is 0.251 e. The number of amides is 1. The van der Waals surface area contributed by atoms with E-state index in [1.807, 2.05) is 6.92 Å². The Morgan fingerprint density at radius 2 is 1.79 bits per heavy atom. The zero-order valence-electron chi connectivity index (χ0n) is 15.3. The molecule has 1 fully saturated rings. The number of sulfone groups is 1. The van der Waals surface area contributed by atoms with Crippen molar-refractivity contribution in [3.05, 3.63) is 59.2 Å². The van der Waals surface area contributed by atoms with Crippen molar-refractivity contribution in [2.75, 3.05) is 6.54 Å². The molecule has 0 spiro atoms. The summed E-state index contributed by atoms with van der Waals surface area (Å²) in [6.45, 7) is 2.20. The summed E-state index contributed by atoms with van der Waals surface area (Å²) in [6, 6.07) is 10.3. The van der Waals surface area contributed by atoms with E-state index in [0.717, 1.165) is 12.8 Å². The zero-order valence-corrected chi connectivity index (χ0v) is 16.9. The van der Waals surface area contributed by atoms with Crippen LogP contribution in [0.3, 0.4) is 0 Å². The average molecular weight is 421 g/mol. The summed E-state index contributed by atoms with van der Waals surface area (Å²) in [5, 5.41) is 2.94. The SMILES string of the molecule is CC(CN)(NC(=O)c1ccc2c(c1)S(=O)(=O)c1ccccc1C2=O)C1CC1.Cl. The molecule has 148 valence electrons. The predicted octanol–water partition coefficient (Wildman–Crippen LogP) is 2.34. The molecule has 1 heterocycles. The lowest BCUT2D eigenvalue weighted by Crippen LogP contribution is -2.53. The zero-order chi connectivity index (χ0) is 19.4. The van der Waals surface area contributed by atoms with E-state index in [1.165, 1.54) is 30.3 Å². The number of halogens is 1. The summed E-state index contributed by atoms with van der Waals surface area (Å²) < 4.78 is 25.9. The third-order valence-corrected chi connectivity index (χ3v) is 7.35. The van der Waals surface area contributed by atoms with Gasteiger partial charge < -0.3 is 11.1 Å². The molecule has 28 heavy (non-hydrogen) atoms. The van der Waals surface area contributed by atoms with Crippen LogP contribution >= 0.6 is 12.4 Å². The van der Waals surface area contributed by atoms with Crippen LogP contribution in [0.1, 0.15) is 46.0 Å². The number of ketones is 1. The van der Waals surface area contributed by atoms with E-state index in [4.69, 9.17) is 5.73 Å². The van der Waals surface area contributed by atoms with Crippen molar-refractivity contribution in [1.82, 2.24) is 5.32 Å². The molecule has 2 aromatic rings. The van der Waals surface area contributed by atoms with Gasteiger partial charge in [0.05, 0.1) is 15.3 Å². The van der Waals surface area contributed by atoms with Gasteiger partial charge in [0, 0.05) is 23.2 Å². The topological polar surface area (TPSA) is 106 Å². The maximum absolute atomic E-state index is 13.0. The number of nitrogens with one attached hydrogen (secondary N) is 1. The number of carbonyl (C=O) groups excluding carboxylic acids is 2. The molecule has 1 unspecified atom stereocenters. The number of hydrogen-bond acceptors (Lipinski definition) is 5. The van der Waals surface area contributed by atoms with Gasteiger partial charge in [0.1, 0.15) is 0 Å². The summed E-state index contributed by atoms with van der Waals surface area (Å²) in [6.07, 6.45) is 2.02. The molecule has 1 aliphatic carbocycles. The largest absolute Gasteiger partial charge is 0.345 e. The molecular formula is C20H21ClN2O4S. The Labute approximate surface area is 169 Å². The molecule has 1 atom stereocenters. The highest BCUT2D eigenvalue weighted by Crippen LogP contribution is 2.39. The highest BCUT2D eigenvalue weighted by molar-refractivity contribution is 7.91. The van der Waals surface area contributed by atoms with Crippen molar-refractivity contribution in [1.29, 1.82) is 0 Å². The van der Waals surface area contributed by atoms with Crippen LogP contribution in [-0.2, 0) is 9.84 Å². The maximum atomic E-state index is 13.0. The minimum atomic E-state index is -3.87. The molecule has 1 amide bonds. The van der Waals surface area contributed by atoms with E-state index in [1.54, 1.807) is 12.1 Å². The smallest absolute Gasteiger partial charge is 0.251 e. The Morgan fingerprint density at radius 1 is 1.14 bits per heavy atom. The van der Waals surface area contributed by atoms with Crippen molar-refractivity contribution in [3.8, 4) is 0 Å². The standard InChI is InChI=1S/C20H20N2O4S.ClH/c1-20(11-21,13-7-8-13)22-19(24)12-6-9-15-17(10-12)27(25,26)16-5-3-2-4-14(16)18(15)23;/h2-6,9-10,13H,7-8,11,21H2,1H3,(H,22,24);1H. The fourth-order valence-corrected chi connectivity index (χ4v) is 5.27. The summed E-state index contributed by atoms with van der Waals surface area (Å²) in [5.41, 5.74) is 5.77. The fourth-order valence-electron chi connectivity index (χ4n) is 3.60. The molecule has 2 aromatic carbocycles. The summed E-state index contributed by atoms with van der Waals surface area (Å²) >= 11 is 0. The van der Waals surface area contributed by atoms with Crippen LogP contribution in [0.4, 0.5) is 0 Å². The Morgan fingerprint density at radius 3 is 2.43 bits per heavy atom. The van der Waals surface area contributed by atoms with Crippen molar-refractivity contribution in [3.63, 3.8) is 0 Å². The van der Waals surface area contributed by atoms with Crippen LogP contribution in [0.25, 0.3) is 0 Å². The number of carbonyl (C=O) groups is 2. The number of nitrogens with two attached hydrogens (primary N) is 1. The van der Waals surface area contributed by atoms with Crippen molar-refractivity contribution >= 4 is 33.9 Å². The molecule has 8 heteroatoms. The first-order valence-electron chi connectivity index (χ1n) is 8.83. The Balaban J connectivity index is 0.00000225. The first-order valence-corrected chi connectivity index (χ1v) is 10.3. The van der Waals surface area contributed by atoms with E-state index in [2.05, 4.69) is 5.32 Å². The van der Waals surface area contributed by atoms with Crippen LogP contribution in [0, 0.1) is 5.92 Å². The molecule has 1 aliphatic heterocycles. The number of rotatable bonds is 4. The lowest BCUT2D eigenvalue weighted by atomic mass is 9.95. The molecule has 3 N–H and O–H groups in total. The second-order valence-electron chi connectivity index (χ2n) is 7.39. The van der Waals surface area contributed by atoms with Gasteiger partial charge in [-0.2, -0.15) is 0 Å². The second kappa shape index (κ2) is 6.99. The Bertz CT molecular complexity index is 1080. The minimum Gasteiger partial charge on any atom is -0.345 e. The van der Waals surface area contributed by atoms with E-state index < -0.39 is 15.4 Å². The molecule has 2 aliphatic rings. The molecule has 0 bridgehead atoms. The van der Waals surface area contributed by atoms with Gasteiger partial charge in [-0.05, 0) is 56.0 Å². The molecule has 1 saturated carbocycles. The van der Waals surface area contributed by atoms with Gasteiger partial charge in [0.25, 0.3) is 5.91 Å². The summed E-state index contributed by atoms with van der Waals surface area (Å²) in [5.74, 6) is -0.410. The highest BCUT2D eigenvalue weighted by Gasteiger charge is 2.42. The normalized spacial score (nSPS) is 18.9. The quantitative estimate of drug-likeness (QED) is 0.673. The number of benzene rings is 2. The Hall–Kier alpha value is -2.22. The van der Waals surface area contributed by atoms with Crippen LogP contribution < -0.4 is 11.1 Å². The monoisotopic (exact) mass is 420 g/mol. The van der Waals surface area contributed by atoms with Gasteiger partial charge in [-0.25, -0.2) is 8.42 Å². The third kappa shape index (κ3) is 3.13. The van der Waals surface area contributed by atoms with Gasteiger partial charge in [0.15, 0.2) is 5.78 Å².